The minimum absolute atomic E-state index is 0.139. The van der Waals surface area contributed by atoms with E-state index in [0.29, 0.717) is 23.2 Å². The Morgan fingerprint density at radius 2 is 2.14 bits per heavy atom. The van der Waals surface area contributed by atoms with Crippen LogP contribution < -0.4 is 10.2 Å². The van der Waals surface area contributed by atoms with Crippen molar-refractivity contribution in [3.8, 4) is 5.75 Å². The average molecular weight is 413 g/mol. The van der Waals surface area contributed by atoms with E-state index < -0.39 is 0 Å². The zero-order valence-electron chi connectivity index (χ0n) is 15.8. The van der Waals surface area contributed by atoms with E-state index in [4.69, 9.17) is 9.47 Å². The molecule has 1 N–H and O–H groups in total. The Hall–Kier alpha value is -3.26. The van der Waals surface area contributed by atoms with Crippen LogP contribution in [0.2, 0.25) is 0 Å². The van der Waals surface area contributed by atoms with Gasteiger partial charge in [-0.3, -0.25) is 10.2 Å². The van der Waals surface area contributed by atoms with Crippen molar-refractivity contribution < 1.29 is 18.7 Å². The molecule has 150 valence electrons. The van der Waals surface area contributed by atoms with Crippen molar-refractivity contribution in [1.82, 2.24) is 4.98 Å². The first-order valence-corrected chi connectivity index (χ1v) is 9.87. The SMILES string of the molecule is CCOC(=O)Cc1csc(NN=Cc2cccc(OCc3cccc(F)c3)c2)n1. The van der Waals surface area contributed by atoms with Crippen molar-refractivity contribution in [3.05, 3.63) is 76.5 Å². The van der Waals surface area contributed by atoms with Crippen LogP contribution in [0.25, 0.3) is 0 Å². The Balaban J connectivity index is 1.52. The number of carbonyl (C=O) groups is 1. The van der Waals surface area contributed by atoms with Crippen LogP contribution in [-0.2, 0) is 22.6 Å². The molecule has 0 aliphatic rings. The maximum absolute atomic E-state index is 13.2. The fraction of sp³-hybridized carbons (Fsp3) is 0.190. The molecule has 2 aromatic carbocycles. The second-order valence-corrected chi connectivity index (χ2v) is 6.84. The lowest BCUT2D eigenvalue weighted by Gasteiger charge is -2.07. The normalized spacial score (nSPS) is 10.8. The summed E-state index contributed by atoms with van der Waals surface area (Å²) in [6.45, 7) is 2.39. The highest BCUT2D eigenvalue weighted by Gasteiger charge is 2.07. The van der Waals surface area contributed by atoms with Crippen LogP contribution in [-0.4, -0.2) is 23.8 Å². The molecular formula is C21H20FN3O3S. The molecule has 3 rings (SSSR count). The molecule has 0 atom stereocenters. The summed E-state index contributed by atoms with van der Waals surface area (Å²) in [6, 6.07) is 13.7. The summed E-state index contributed by atoms with van der Waals surface area (Å²) >= 11 is 1.36. The molecule has 0 aliphatic heterocycles. The molecule has 0 fully saturated rings. The summed E-state index contributed by atoms with van der Waals surface area (Å²) in [6.07, 6.45) is 1.78. The van der Waals surface area contributed by atoms with E-state index in [1.54, 1.807) is 24.6 Å². The number of nitrogens with zero attached hydrogens (tertiary/aromatic N) is 2. The summed E-state index contributed by atoms with van der Waals surface area (Å²) in [7, 11) is 0. The maximum atomic E-state index is 13.2. The van der Waals surface area contributed by atoms with Crippen LogP contribution in [0.4, 0.5) is 9.52 Å². The molecule has 0 unspecified atom stereocenters. The predicted octanol–water partition coefficient (Wildman–Crippen LogP) is 4.41. The van der Waals surface area contributed by atoms with Gasteiger partial charge in [-0.15, -0.1) is 11.3 Å². The molecule has 3 aromatic rings. The van der Waals surface area contributed by atoms with E-state index in [9.17, 15) is 9.18 Å². The van der Waals surface area contributed by atoms with E-state index >= 15 is 0 Å². The number of hydrazone groups is 1. The number of hydrogen-bond acceptors (Lipinski definition) is 7. The molecule has 6 nitrogen and oxygen atoms in total. The monoisotopic (exact) mass is 413 g/mol. The van der Waals surface area contributed by atoms with Gasteiger partial charge in [-0.25, -0.2) is 9.37 Å². The van der Waals surface area contributed by atoms with Crippen LogP contribution in [0.5, 0.6) is 5.75 Å². The lowest BCUT2D eigenvalue weighted by molar-refractivity contribution is -0.142. The van der Waals surface area contributed by atoms with Gasteiger partial charge in [-0.05, 0) is 42.3 Å². The Kier molecular flexibility index (Phi) is 7.29. The van der Waals surface area contributed by atoms with Gasteiger partial charge in [-0.1, -0.05) is 24.3 Å². The van der Waals surface area contributed by atoms with Crippen molar-refractivity contribution in [3.63, 3.8) is 0 Å². The number of benzene rings is 2. The van der Waals surface area contributed by atoms with Crippen molar-refractivity contribution in [2.75, 3.05) is 12.0 Å². The fourth-order valence-electron chi connectivity index (χ4n) is 2.44. The Morgan fingerprint density at radius 3 is 2.97 bits per heavy atom. The highest BCUT2D eigenvalue weighted by atomic mass is 32.1. The van der Waals surface area contributed by atoms with Crippen LogP contribution in [0.15, 0.2) is 59.0 Å². The van der Waals surface area contributed by atoms with Crippen molar-refractivity contribution in [1.29, 1.82) is 0 Å². The minimum atomic E-state index is -0.303. The van der Waals surface area contributed by atoms with Gasteiger partial charge < -0.3 is 9.47 Å². The van der Waals surface area contributed by atoms with Crippen LogP contribution in [0.1, 0.15) is 23.7 Å². The van der Waals surface area contributed by atoms with Gasteiger partial charge in [0.05, 0.1) is 24.9 Å². The number of esters is 1. The van der Waals surface area contributed by atoms with E-state index in [1.165, 1.54) is 23.5 Å². The number of anilines is 1. The van der Waals surface area contributed by atoms with Gasteiger partial charge in [-0.2, -0.15) is 5.10 Å². The lowest BCUT2D eigenvalue weighted by Crippen LogP contribution is -2.07. The van der Waals surface area contributed by atoms with Gasteiger partial charge in [0, 0.05) is 5.38 Å². The van der Waals surface area contributed by atoms with Crippen LogP contribution >= 0.6 is 11.3 Å². The summed E-state index contributed by atoms with van der Waals surface area (Å²) in [5.41, 5.74) is 5.07. The van der Waals surface area contributed by atoms with Crippen molar-refractivity contribution >= 4 is 28.7 Å². The number of thiazole rings is 1. The van der Waals surface area contributed by atoms with Gasteiger partial charge in [0.1, 0.15) is 18.2 Å². The number of rotatable bonds is 9. The van der Waals surface area contributed by atoms with Crippen molar-refractivity contribution in [2.24, 2.45) is 5.10 Å². The predicted molar refractivity (Wildman–Crippen MR) is 111 cm³/mol. The molecular weight excluding hydrogens is 393 g/mol. The number of carbonyl (C=O) groups excluding carboxylic acids is 1. The smallest absolute Gasteiger partial charge is 0.311 e. The molecule has 0 spiro atoms. The van der Waals surface area contributed by atoms with Crippen LogP contribution in [0, 0.1) is 5.82 Å². The number of aromatic nitrogens is 1. The third-order valence-electron chi connectivity index (χ3n) is 3.71. The first kappa shape index (κ1) is 20.5. The Labute approximate surface area is 172 Å². The first-order chi connectivity index (χ1) is 14.1. The first-order valence-electron chi connectivity index (χ1n) is 8.99. The van der Waals surface area contributed by atoms with E-state index in [2.05, 4.69) is 15.5 Å². The zero-order chi connectivity index (χ0) is 20.5. The largest absolute Gasteiger partial charge is 0.489 e. The third kappa shape index (κ3) is 6.69. The summed E-state index contributed by atoms with van der Waals surface area (Å²) in [4.78, 5) is 15.8. The maximum Gasteiger partial charge on any atom is 0.311 e. The average Bonchev–Trinajstić information content (AvgIpc) is 3.14. The molecule has 8 heteroatoms. The summed E-state index contributed by atoms with van der Waals surface area (Å²) < 4.78 is 23.8. The number of ether oxygens (including phenoxy) is 2. The molecule has 1 heterocycles. The highest BCUT2D eigenvalue weighted by molar-refractivity contribution is 7.13. The van der Waals surface area contributed by atoms with Gasteiger partial charge in [0.2, 0.25) is 5.13 Å². The molecule has 0 bridgehead atoms. The number of hydrogen-bond donors (Lipinski definition) is 1. The molecule has 0 amide bonds. The molecule has 0 radical (unpaired) electrons. The second-order valence-electron chi connectivity index (χ2n) is 5.99. The molecule has 1 aromatic heterocycles. The number of halogens is 1. The van der Waals surface area contributed by atoms with Gasteiger partial charge in [0.25, 0.3) is 0 Å². The molecule has 0 saturated heterocycles. The zero-order valence-corrected chi connectivity index (χ0v) is 16.6. The standard InChI is InChI=1S/C21H20FN3O3S/c1-2-27-20(26)11-18-14-29-21(24-18)25-23-12-15-5-4-8-19(10-15)28-13-16-6-3-7-17(22)9-16/h3-10,12,14H,2,11,13H2,1H3,(H,24,25). The van der Waals surface area contributed by atoms with E-state index in [-0.39, 0.29) is 24.8 Å². The molecule has 0 aliphatic carbocycles. The quantitative estimate of drug-likeness (QED) is 0.320. The topological polar surface area (TPSA) is 72.8 Å². The molecule has 29 heavy (non-hydrogen) atoms. The van der Waals surface area contributed by atoms with Gasteiger partial charge >= 0.3 is 5.97 Å². The van der Waals surface area contributed by atoms with E-state index in [0.717, 1.165) is 11.1 Å². The Morgan fingerprint density at radius 1 is 1.28 bits per heavy atom. The van der Waals surface area contributed by atoms with Crippen LogP contribution in [0.3, 0.4) is 0 Å². The fourth-order valence-corrected chi connectivity index (χ4v) is 3.10. The molecule has 0 saturated carbocycles. The second kappa shape index (κ2) is 10.3. The van der Waals surface area contributed by atoms with Crippen molar-refractivity contribution in [2.45, 2.75) is 20.0 Å². The third-order valence-corrected chi connectivity index (χ3v) is 4.50. The summed E-state index contributed by atoms with van der Waals surface area (Å²) in [5, 5.41) is 6.53. The minimum Gasteiger partial charge on any atom is -0.489 e. The summed E-state index contributed by atoms with van der Waals surface area (Å²) in [5.74, 6) is 0.0674. The Bertz CT molecular complexity index is 991. The lowest BCUT2D eigenvalue weighted by atomic mass is 10.2. The van der Waals surface area contributed by atoms with E-state index in [1.807, 2.05) is 30.3 Å². The number of nitrogens with one attached hydrogen (secondary N) is 1. The van der Waals surface area contributed by atoms with Gasteiger partial charge in [0.15, 0.2) is 0 Å². The highest BCUT2D eigenvalue weighted by Crippen LogP contribution is 2.17.